The summed E-state index contributed by atoms with van der Waals surface area (Å²) < 4.78 is 31.9. The number of rotatable bonds is 2. The van der Waals surface area contributed by atoms with E-state index in [4.69, 9.17) is 21.3 Å². The molecule has 0 bridgehead atoms. The Hall–Kier alpha value is -0.901. The van der Waals surface area contributed by atoms with Gasteiger partial charge in [0.1, 0.15) is 5.40 Å². The molecular weight excluding hydrogens is 285 g/mol. The molecule has 0 unspecified atom stereocenters. The number of thioether (sulfide) groups is 1. The van der Waals surface area contributed by atoms with Crippen molar-refractivity contribution in [2.45, 2.75) is 5.75 Å². The van der Waals surface area contributed by atoms with E-state index in [1.54, 1.807) is 0 Å². The second-order valence-electron chi connectivity index (χ2n) is 2.31. The fourth-order valence-corrected chi connectivity index (χ4v) is 1.11. The Bertz CT molecular complexity index is 404. The van der Waals surface area contributed by atoms with E-state index in [2.05, 4.69) is 0 Å². The van der Waals surface area contributed by atoms with Crippen molar-refractivity contribution in [3.63, 3.8) is 0 Å². The van der Waals surface area contributed by atoms with Crippen molar-refractivity contribution in [1.29, 1.82) is 5.26 Å². The predicted octanol–water partition coefficient (Wildman–Crippen LogP) is 0.668. The summed E-state index contributed by atoms with van der Waals surface area (Å²) in [7, 11) is 0. The number of nitriles is 1. The maximum absolute atomic E-state index is 8.82. The van der Waals surface area contributed by atoms with E-state index in [-0.39, 0.29) is 0 Å². The Morgan fingerprint density at radius 2 is 1.73 bits per heavy atom. The van der Waals surface area contributed by atoms with Crippen LogP contribution < -0.4 is 0 Å². The molecule has 1 rings (SSSR count). The van der Waals surface area contributed by atoms with Crippen LogP contribution in [0.1, 0.15) is 5.56 Å². The average Bonchev–Trinajstić information content (AvgIpc) is 2.14. The van der Waals surface area contributed by atoms with Crippen LogP contribution in [0.3, 0.4) is 0 Å². The first kappa shape index (κ1) is 14.1. The predicted molar refractivity (Wildman–Crippen MR) is 54.9 cm³/mol. The second-order valence-corrected chi connectivity index (χ2v) is 4.95. The fourth-order valence-electron chi connectivity index (χ4n) is 0.690. The summed E-state index contributed by atoms with van der Waals surface area (Å²) in [6.45, 7) is 0. The Morgan fingerprint density at radius 3 is 2.13 bits per heavy atom. The van der Waals surface area contributed by atoms with Gasteiger partial charge in [-0.3, -0.25) is 0 Å². The quantitative estimate of drug-likeness (QED) is 0.614. The third kappa shape index (κ3) is 13.1. The molecule has 7 heteroatoms. The summed E-state index contributed by atoms with van der Waals surface area (Å²) in [6, 6.07) is 9.97. The first-order chi connectivity index (χ1) is 6.93. The van der Waals surface area contributed by atoms with Crippen LogP contribution in [-0.4, -0.2) is 21.7 Å². The van der Waals surface area contributed by atoms with Gasteiger partial charge in [0, 0.05) is 5.75 Å². The Morgan fingerprint density at radius 1 is 1.27 bits per heavy atom. The molecule has 5 nitrogen and oxygen atoms in total. The Balaban J connectivity index is 0.000000336. The van der Waals surface area contributed by atoms with Gasteiger partial charge in [-0.25, -0.2) is 0 Å². The van der Waals surface area contributed by atoms with Gasteiger partial charge in [0.2, 0.25) is 0 Å². The second kappa shape index (κ2) is 7.40. The molecule has 0 aromatic heterocycles. The topological polar surface area (TPSA) is 98.4 Å². The fraction of sp³-hybridized carbons (Fsp3) is 0.125. The number of hydrogen-bond acceptors (Lipinski definition) is 4. The van der Waals surface area contributed by atoms with Gasteiger partial charge in [0.05, 0.1) is 0 Å². The molecule has 0 radical (unpaired) electrons. The van der Waals surface area contributed by atoms with Gasteiger partial charge < -0.3 is 0 Å². The van der Waals surface area contributed by atoms with Crippen LogP contribution in [0.5, 0.6) is 0 Å². The van der Waals surface area contributed by atoms with Crippen LogP contribution in [0.4, 0.5) is 0 Å². The number of nitrogens with zero attached hydrogens (tertiary/aromatic N) is 1. The average molecular weight is 294 g/mol. The van der Waals surface area contributed by atoms with Gasteiger partial charge in [0.15, 0.2) is 0 Å². The summed E-state index contributed by atoms with van der Waals surface area (Å²) in [5.74, 6) is 0.789. The minimum atomic E-state index is -5.25. The van der Waals surface area contributed by atoms with Gasteiger partial charge in [-0.05, 0) is 17.3 Å². The molecule has 0 atom stereocenters. The van der Waals surface area contributed by atoms with Crippen LogP contribution in [0, 0.1) is 10.7 Å². The number of hydrogen-bond donors (Lipinski definition) is 2. The van der Waals surface area contributed by atoms with Crippen molar-refractivity contribution in [2.75, 3.05) is 0 Å². The molecule has 82 valence electrons. The first-order valence-electron chi connectivity index (χ1n) is 3.68. The van der Waals surface area contributed by atoms with E-state index >= 15 is 0 Å². The van der Waals surface area contributed by atoms with Crippen molar-refractivity contribution in [3.8, 4) is 5.40 Å². The molecule has 0 aliphatic heterocycles. The molecule has 0 saturated carbocycles. The zero-order valence-corrected chi connectivity index (χ0v) is 10.1. The molecule has 0 aliphatic carbocycles. The Labute approximate surface area is 93.6 Å². The van der Waals surface area contributed by atoms with Gasteiger partial charge in [-0.1, -0.05) is 30.3 Å². The van der Waals surface area contributed by atoms with Crippen molar-refractivity contribution < 1.29 is 16.0 Å². The van der Waals surface area contributed by atoms with Crippen LogP contribution in [0.2, 0.25) is 0 Å². The van der Waals surface area contributed by atoms with E-state index in [0.717, 1.165) is 5.75 Å². The maximum atomic E-state index is 8.82. The molecular formula is C8H9NO4SSe. The molecule has 0 aliphatic rings. The van der Waals surface area contributed by atoms with Crippen LogP contribution in [-0.2, 0) is 13.4 Å². The molecule has 0 spiro atoms. The van der Waals surface area contributed by atoms with Crippen LogP contribution in [0.15, 0.2) is 30.3 Å². The zero-order valence-electron chi connectivity index (χ0n) is 7.57. The summed E-state index contributed by atoms with van der Waals surface area (Å²) in [5.41, 5.74) is 1.20. The van der Waals surface area contributed by atoms with Crippen molar-refractivity contribution in [1.82, 2.24) is 0 Å². The van der Waals surface area contributed by atoms with Gasteiger partial charge >= 0.3 is 29.4 Å². The summed E-state index contributed by atoms with van der Waals surface area (Å²) in [4.78, 5) is 0. The third-order valence-corrected chi connectivity index (χ3v) is 1.75. The van der Waals surface area contributed by atoms with Gasteiger partial charge in [-0.2, -0.15) is 5.26 Å². The first-order valence-corrected chi connectivity index (χ1v) is 7.60. The molecule has 0 heterocycles. The van der Waals surface area contributed by atoms with E-state index < -0.39 is 13.4 Å². The molecule has 0 saturated heterocycles. The molecule has 15 heavy (non-hydrogen) atoms. The summed E-state index contributed by atoms with van der Waals surface area (Å²) in [5, 5.41) is 10.3. The summed E-state index contributed by atoms with van der Waals surface area (Å²) >= 11 is -3.98. The standard InChI is InChI=1S/C8H7NS.H2O4Se/c9-7-10-6-8-4-2-1-3-5-8;1-5(2,3)4/h1-5H,6H2;(H2,1,2,3,4). The monoisotopic (exact) mass is 295 g/mol. The number of benzene rings is 1. The van der Waals surface area contributed by atoms with Crippen molar-refractivity contribution in [2.24, 2.45) is 0 Å². The molecule has 0 fully saturated rings. The molecule has 0 amide bonds. The molecule has 2 N–H and O–H groups in total. The minimum absolute atomic E-state index is 0.789. The zero-order chi connectivity index (χ0) is 11.7. The van der Waals surface area contributed by atoms with Crippen molar-refractivity contribution in [3.05, 3.63) is 35.9 Å². The Kier molecular flexibility index (Phi) is 6.95. The molecule has 1 aromatic rings. The SMILES string of the molecule is N#CSCc1ccccc1.O=[Se](=O)(O)O. The van der Waals surface area contributed by atoms with Gasteiger partial charge in [0.25, 0.3) is 0 Å². The number of thiocyanates is 1. The summed E-state index contributed by atoms with van der Waals surface area (Å²) in [6.07, 6.45) is 0. The van der Waals surface area contributed by atoms with Crippen LogP contribution >= 0.6 is 11.8 Å². The van der Waals surface area contributed by atoms with Gasteiger partial charge in [-0.15, -0.1) is 0 Å². The van der Waals surface area contributed by atoms with E-state index in [1.165, 1.54) is 17.3 Å². The van der Waals surface area contributed by atoms with E-state index in [0.29, 0.717) is 0 Å². The third-order valence-electron chi connectivity index (χ3n) is 1.15. The van der Waals surface area contributed by atoms with E-state index in [1.807, 2.05) is 35.7 Å². The van der Waals surface area contributed by atoms with E-state index in [9.17, 15) is 0 Å². The molecule has 1 aromatic carbocycles. The normalized spacial score (nSPS) is 9.67. The van der Waals surface area contributed by atoms with Crippen LogP contribution in [0.25, 0.3) is 0 Å². The van der Waals surface area contributed by atoms with Crippen molar-refractivity contribution >= 4 is 25.1 Å².